The number of morpholine rings is 1. The quantitative estimate of drug-likeness (QED) is 0.390. The normalized spacial score (nSPS) is 15.2. The van der Waals surface area contributed by atoms with E-state index in [1.165, 1.54) is 6.33 Å². The summed E-state index contributed by atoms with van der Waals surface area (Å²) >= 11 is 0. The van der Waals surface area contributed by atoms with Crippen LogP contribution in [0.5, 0.6) is 0 Å². The largest absolute Gasteiger partial charge is 0.378 e. The lowest BCUT2D eigenvalue weighted by molar-refractivity contribution is 0.0924. The van der Waals surface area contributed by atoms with E-state index in [-0.39, 0.29) is 5.82 Å². The molecule has 0 spiro atoms. The first kappa shape index (κ1) is 24.8. The number of ether oxygens (including phenoxy) is 1. The number of carbonyl (C=O) groups excluding carboxylic acids is 1. The molecule has 1 aliphatic rings. The minimum atomic E-state index is -0.987. The third-order valence-electron chi connectivity index (χ3n) is 6.34. The van der Waals surface area contributed by atoms with Crippen LogP contribution in [0.1, 0.15) is 54.6 Å². The maximum Gasteiger partial charge on any atom is 0.294 e. The van der Waals surface area contributed by atoms with E-state index in [1.54, 1.807) is 23.6 Å². The monoisotopic (exact) mass is 508 g/mol. The minimum Gasteiger partial charge on any atom is -0.378 e. The number of hydrogen-bond acceptors (Lipinski definition) is 9. The van der Waals surface area contributed by atoms with Crippen molar-refractivity contribution in [1.82, 2.24) is 30.1 Å². The van der Waals surface area contributed by atoms with Gasteiger partial charge in [-0.15, -0.1) is 0 Å². The summed E-state index contributed by atoms with van der Waals surface area (Å²) in [5.74, 6) is -0.901. The summed E-state index contributed by atoms with van der Waals surface area (Å²) in [6.45, 7) is 10.1. The number of carbonyl (C=O) groups is 1. The number of fused-ring (bicyclic) bond motifs is 1. The lowest BCUT2D eigenvalue weighted by Crippen LogP contribution is -2.35. The van der Waals surface area contributed by atoms with Crippen molar-refractivity contribution >= 4 is 17.1 Å². The van der Waals surface area contributed by atoms with Gasteiger partial charge in [0.25, 0.3) is 11.7 Å². The highest BCUT2D eigenvalue weighted by Crippen LogP contribution is 2.32. The van der Waals surface area contributed by atoms with Crippen molar-refractivity contribution in [3.8, 4) is 11.3 Å². The molecule has 11 nitrogen and oxygen atoms in total. The number of nitrogens with two attached hydrogens (primary N) is 1. The smallest absolute Gasteiger partial charge is 0.294 e. The molecule has 1 aromatic carbocycles. The van der Waals surface area contributed by atoms with E-state index in [2.05, 4.69) is 30.4 Å². The summed E-state index contributed by atoms with van der Waals surface area (Å²) in [6, 6.07) is 5.24. The number of nitrogens with one attached hydrogen (secondary N) is 1. The molecule has 3 aromatic heterocycles. The number of nitrogens with zero attached hydrogens (tertiary/aromatic N) is 6. The van der Waals surface area contributed by atoms with Crippen LogP contribution < -0.4 is 16.0 Å². The van der Waals surface area contributed by atoms with Gasteiger partial charge in [0.05, 0.1) is 30.6 Å². The average Bonchev–Trinajstić information content (AvgIpc) is 3.54. The Morgan fingerprint density at radius 2 is 2.00 bits per heavy atom. The highest BCUT2D eigenvalue weighted by atomic mass is 19.1. The first-order valence-electron chi connectivity index (χ1n) is 12.0. The van der Waals surface area contributed by atoms with Crippen molar-refractivity contribution in [1.29, 1.82) is 0 Å². The van der Waals surface area contributed by atoms with Gasteiger partial charge in [-0.1, -0.05) is 32.0 Å². The third kappa shape index (κ3) is 4.77. The van der Waals surface area contributed by atoms with Crippen LogP contribution in [0.4, 0.5) is 10.1 Å². The SMILES string of the molecule is Cc1c([C@@H](N)NC(=O)c2noc(C(C)(C)C)n2)ccc(-c2ncnn3cc(N4CCOCC4)cc23)c1F. The lowest BCUT2D eigenvalue weighted by Gasteiger charge is -2.27. The van der Waals surface area contributed by atoms with Gasteiger partial charge < -0.3 is 25.2 Å². The second-order valence-electron chi connectivity index (χ2n) is 10.0. The van der Waals surface area contributed by atoms with Crippen molar-refractivity contribution in [3.05, 3.63) is 59.4 Å². The molecule has 1 atom stereocenters. The van der Waals surface area contributed by atoms with E-state index in [0.29, 0.717) is 47.0 Å². The number of halogens is 1. The molecule has 5 rings (SSSR count). The summed E-state index contributed by atoms with van der Waals surface area (Å²) < 4.78 is 28.0. The molecular formula is C25H29FN8O3. The van der Waals surface area contributed by atoms with Crippen molar-refractivity contribution < 1.29 is 18.4 Å². The molecule has 0 unspecified atom stereocenters. The first-order valence-corrected chi connectivity index (χ1v) is 12.0. The van der Waals surface area contributed by atoms with Gasteiger partial charge in [-0.25, -0.2) is 13.9 Å². The van der Waals surface area contributed by atoms with Crippen LogP contribution in [-0.2, 0) is 10.2 Å². The molecule has 1 amide bonds. The van der Waals surface area contributed by atoms with Gasteiger partial charge >= 0.3 is 0 Å². The van der Waals surface area contributed by atoms with Gasteiger partial charge in [0.15, 0.2) is 0 Å². The number of anilines is 1. The number of hydrogen-bond donors (Lipinski definition) is 2. The van der Waals surface area contributed by atoms with Gasteiger partial charge in [-0.05, 0) is 30.2 Å². The fourth-order valence-corrected chi connectivity index (χ4v) is 4.24. The van der Waals surface area contributed by atoms with Crippen molar-refractivity contribution in [2.24, 2.45) is 5.73 Å². The molecule has 3 N–H and O–H groups in total. The maximum absolute atomic E-state index is 15.7. The molecule has 4 heterocycles. The predicted octanol–water partition coefficient (Wildman–Crippen LogP) is 2.75. The third-order valence-corrected chi connectivity index (χ3v) is 6.34. The average molecular weight is 509 g/mol. The second kappa shape index (κ2) is 9.52. The van der Waals surface area contributed by atoms with Crippen LogP contribution >= 0.6 is 0 Å². The molecular weight excluding hydrogens is 479 g/mol. The van der Waals surface area contributed by atoms with Crippen molar-refractivity contribution in [3.63, 3.8) is 0 Å². The standard InChI is InChI=1S/C25H29FN8O3/c1-14-16(21(27)30-23(35)22-31-24(37-32-22)25(2,3)4)5-6-17(19(14)26)20-18-11-15(12-34(18)29-13-28-20)33-7-9-36-10-8-33/h5-6,11-13,21H,7-10,27H2,1-4H3,(H,30,35)/t21-/m0/s1. The van der Waals surface area contributed by atoms with Gasteiger partial charge in [-0.3, -0.25) is 4.79 Å². The van der Waals surface area contributed by atoms with Crippen LogP contribution in [0, 0.1) is 12.7 Å². The van der Waals surface area contributed by atoms with Gasteiger partial charge in [0.2, 0.25) is 5.89 Å². The Balaban J connectivity index is 1.41. The molecule has 1 aliphatic heterocycles. The summed E-state index contributed by atoms with van der Waals surface area (Å²) in [5, 5.41) is 10.6. The number of benzene rings is 1. The lowest BCUT2D eigenvalue weighted by atomic mass is 9.97. The zero-order chi connectivity index (χ0) is 26.3. The van der Waals surface area contributed by atoms with E-state index >= 15 is 4.39 Å². The summed E-state index contributed by atoms with van der Waals surface area (Å²) in [6.07, 6.45) is 2.32. The molecule has 1 saturated heterocycles. The van der Waals surface area contributed by atoms with Crippen LogP contribution in [0.25, 0.3) is 16.8 Å². The Labute approximate surface area is 212 Å². The Bertz CT molecular complexity index is 1450. The predicted molar refractivity (Wildman–Crippen MR) is 134 cm³/mol. The molecule has 37 heavy (non-hydrogen) atoms. The van der Waals surface area contributed by atoms with Crippen LogP contribution in [0.2, 0.25) is 0 Å². The van der Waals surface area contributed by atoms with E-state index in [9.17, 15) is 4.79 Å². The highest BCUT2D eigenvalue weighted by molar-refractivity contribution is 5.90. The first-order chi connectivity index (χ1) is 17.6. The molecule has 12 heteroatoms. The van der Waals surface area contributed by atoms with Gasteiger partial charge in [-0.2, -0.15) is 10.1 Å². The van der Waals surface area contributed by atoms with Gasteiger partial charge in [0.1, 0.15) is 24.0 Å². The maximum atomic E-state index is 15.7. The van der Waals surface area contributed by atoms with Gasteiger partial charge in [0, 0.05) is 24.1 Å². The molecule has 0 bridgehead atoms. The number of amides is 1. The minimum absolute atomic E-state index is 0.136. The van der Waals surface area contributed by atoms with Crippen LogP contribution in [0.15, 0.2) is 35.2 Å². The molecule has 1 fully saturated rings. The Kier molecular flexibility index (Phi) is 6.38. The van der Waals surface area contributed by atoms with E-state index < -0.39 is 23.3 Å². The zero-order valence-corrected chi connectivity index (χ0v) is 21.2. The molecule has 194 valence electrons. The van der Waals surface area contributed by atoms with Crippen molar-refractivity contribution in [2.75, 3.05) is 31.2 Å². The van der Waals surface area contributed by atoms with E-state index in [0.717, 1.165) is 18.8 Å². The number of aromatic nitrogens is 5. The Hall–Kier alpha value is -3.90. The fraction of sp³-hybridized carbons (Fsp3) is 0.400. The molecule has 0 saturated carbocycles. The second-order valence-corrected chi connectivity index (χ2v) is 10.0. The Morgan fingerprint density at radius 1 is 1.24 bits per heavy atom. The highest BCUT2D eigenvalue weighted by Gasteiger charge is 2.26. The van der Waals surface area contributed by atoms with E-state index in [1.807, 2.05) is 33.0 Å². The van der Waals surface area contributed by atoms with Crippen LogP contribution in [0.3, 0.4) is 0 Å². The summed E-state index contributed by atoms with van der Waals surface area (Å²) in [5.41, 5.74) is 8.97. The number of rotatable bonds is 5. The summed E-state index contributed by atoms with van der Waals surface area (Å²) in [7, 11) is 0. The van der Waals surface area contributed by atoms with Crippen LogP contribution in [-0.4, -0.2) is 56.9 Å². The zero-order valence-electron chi connectivity index (χ0n) is 21.2. The van der Waals surface area contributed by atoms with E-state index in [4.69, 9.17) is 15.0 Å². The molecule has 4 aromatic rings. The fourth-order valence-electron chi connectivity index (χ4n) is 4.24. The molecule has 0 radical (unpaired) electrons. The Morgan fingerprint density at radius 3 is 2.70 bits per heavy atom. The topological polar surface area (TPSA) is 137 Å². The van der Waals surface area contributed by atoms with Crippen molar-refractivity contribution in [2.45, 2.75) is 39.3 Å². The molecule has 0 aliphatic carbocycles. The summed E-state index contributed by atoms with van der Waals surface area (Å²) in [4.78, 5) is 23.3.